The van der Waals surface area contributed by atoms with E-state index in [1.165, 1.54) is 0 Å². The summed E-state index contributed by atoms with van der Waals surface area (Å²) in [6, 6.07) is 9.31. The van der Waals surface area contributed by atoms with E-state index in [0.717, 1.165) is 22.0 Å². The Bertz CT molecular complexity index is 979. The Morgan fingerprint density at radius 2 is 1.89 bits per heavy atom. The number of benzene rings is 2. The van der Waals surface area contributed by atoms with Crippen LogP contribution in [0.15, 0.2) is 53.7 Å². The first-order valence-corrected chi connectivity index (χ1v) is 11.2. The molecule has 0 radical (unpaired) electrons. The van der Waals surface area contributed by atoms with Gasteiger partial charge >= 0.3 is 5.97 Å². The maximum Gasteiger partial charge on any atom is 0.363 e. The molecule has 3 rings (SSSR count). The molecule has 0 N–H and O–H groups in total. The lowest BCUT2D eigenvalue weighted by Crippen LogP contribution is -2.06. The Balaban J connectivity index is 1.95. The molecule has 0 aromatic heterocycles. The monoisotopic (exact) mass is 717 g/mol. The van der Waals surface area contributed by atoms with E-state index in [9.17, 15) is 4.79 Å². The van der Waals surface area contributed by atoms with Crippen molar-refractivity contribution in [2.75, 3.05) is 6.61 Å². The highest BCUT2D eigenvalue weighted by molar-refractivity contribution is 14.1. The lowest BCUT2D eigenvalue weighted by Gasteiger charge is -2.09. The summed E-state index contributed by atoms with van der Waals surface area (Å²) in [5, 5.41) is 0.482. The van der Waals surface area contributed by atoms with E-state index < -0.39 is 5.97 Å². The van der Waals surface area contributed by atoms with E-state index in [-0.39, 0.29) is 11.6 Å². The Morgan fingerprint density at radius 3 is 2.56 bits per heavy atom. The molecule has 4 nitrogen and oxygen atoms in total. The lowest BCUT2D eigenvalue weighted by atomic mass is 10.2. The van der Waals surface area contributed by atoms with Crippen LogP contribution in [-0.2, 0) is 9.53 Å². The zero-order chi connectivity index (χ0) is 19.6. The largest absolute Gasteiger partial charge is 0.487 e. The zero-order valence-electron chi connectivity index (χ0n) is 13.6. The number of halogens is 4. The molecule has 27 heavy (non-hydrogen) atoms. The molecule has 1 aliphatic rings. The highest BCUT2D eigenvalue weighted by Crippen LogP contribution is 2.31. The van der Waals surface area contributed by atoms with E-state index in [0.29, 0.717) is 17.2 Å². The van der Waals surface area contributed by atoms with Gasteiger partial charge in [0.25, 0.3) is 0 Å². The molecular weight excluding hydrogens is 706 g/mol. The third kappa shape index (κ3) is 5.04. The van der Waals surface area contributed by atoms with Crippen molar-refractivity contribution in [2.24, 2.45) is 4.99 Å². The van der Waals surface area contributed by atoms with Gasteiger partial charge in [0.2, 0.25) is 5.90 Å². The molecule has 1 aliphatic heterocycles. The molecule has 0 aliphatic carbocycles. The van der Waals surface area contributed by atoms with Crippen LogP contribution in [0.25, 0.3) is 6.08 Å². The predicted octanol–water partition coefficient (Wildman–Crippen LogP) is 6.06. The second-order valence-electron chi connectivity index (χ2n) is 5.37. The van der Waals surface area contributed by atoms with Crippen molar-refractivity contribution >= 4 is 97.3 Å². The number of cyclic esters (lactones) is 1. The SMILES string of the molecule is C=CCOc1c(I)cc(/C=C2\N=C(c3cc(I)ccc3Cl)OC2=O)cc1I. The van der Waals surface area contributed by atoms with Crippen LogP contribution in [0, 0.1) is 10.7 Å². The molecule has 2 aromatic rings. The minimum absolute atomic E-state index is 0.213. The summed E-state index contributed by atoms with van der Waals surface area (Å²) in [5.74, 6) is 0.504. The van der Waals surface area contributed by atoms with Gasteiger partial charge in [-0.2, -0.15) is 0 Å². The van der Waals surface area contributed by atoms with Crippen LogP contribution in [0.4, 0.5) is 0 Å². The minimum Gasteiger partial charge on any atom is -0.487 e. The minimum atomic E-state index is -0.503. The maximum absolute atomic E-state index is 12.2. The normalized spacial score (nSPS) is 14.9. The molecule has 0 spiro atoms. The Labute approximate surface area is 202 Å². The van der Waals surface area contributed by atoms with Crippen molar-refractivity contribution in [3.05, 3.63) is 75.5 Å². The van der Waals surface area contributed by atoms with Crippen LogP contribution in [0.3, 0.4) is 0 Å². The van der Waals surface area contributed by atoms with Gasteiger partial charge in [0.05, 0.1) is 17.7 Å². The summed E-state index contributed by atoms with van der Waals surface area (Å²) in [6.07, 6.45) is 3.39. The molecule has 0 fully saturated rings. The lowest BCUT2D eigenvalue weighted by molar-refractivity contribution is -0.129. The van der Waals surface area contributed by atoms with Gasteiger partial charge < -0.3 is 9.47 Å². The molecule has 1 heterocycles. The topological polar surface area (TPSA) is 47.9 Å². The van der Waals surface area contributed by atoms with Crippen LogP contribution >= 0.6 is 79.4 Å². The third-order valence-electron chi connectivity index (χ3n) is 3.45. The van der Waals surface area contributed by atoms with E-state index in [1.807, 2.05) is 24.3 Å². The fraction of sp³-hybridized carbons (Fsp3) is 0.0526. The van der Waals surface area contributed by atoms with E-state index in [2.05, 4.69) is 79.3 Å². The first-order chi connectivity index (χ1) is 12.9. The summed E-state index contributed by atoms with van der Waals surface area (Å²) in [5.41, 5.74) is 1.66. The second-order valence-corrected chi connectivity index (χ2v) is 9.35. The average Bonchev–Trinajstić information content (AvgIpc) is 2.97. The standard InChI is InChI=1S/C19H11ClI3NO3/c1-2-5-26-17-14(22)6-10(7-15(17)23)8-16-19(25)27-18(24-16)12-9-11(21)3-4-13(12)20/h2-4,6-9H,1,5H2/b16-8-. The smallest absolute Gasteiger partial charge is 0.363 e. The van der Waals surface area contributed by atoms with E-state index in [4.69, 9.17) is 21.1 Å². The van der Waals surface area contributed by atoms with Crippen molar-refractivity contribution in [3.63, 3.8) is 0 Å². The predicted molar refractivity (Wildman–Crippen MR) is 132 cm³/mol. The Hall–Kier alpha value is -0.660. The third-order valence-corrected chi connectivity index (χ3v) is 6.05. The van der Waals surface area contributed by atoms with Gasteiger partial charge in [0, 0.05) is 3.57 Å². The Morgan fingerprint density at radius 1 is 1.19 bits per heavy atom. The molecule has 0 atom stereocenters. The second kappa shape index (κ2) is 9.23. The first-order valence-electron chi connectivity index (χ1n) is 7.59. The molecule has 0 amide bonds. The van der Waals surface area contributed by atoms with Crippen LogP contribution in [0.1, 0.15) is 11.1 Å². The highest BCUT2D eigenvalue weighted by atomic mass is 127. The molecule has 0 saturated carbocycles. The van der Waals surface area contributed by atoms with Crippen molar-refractivity contribution in [3.8, 4) is 5.75 Å². The van der Waals surface area contributed by atoms with Gasteiger partial charge in [0.15, 0.2) is 5.70 Å². The number of ether oxygens (including phenoxy) is 2. The first kappa shape index (κ1) is 21.1. The van der Waals surface area contributed by atoms with Crippen LogP contribution < -0.4 is 4.74 Å². The van der Waals surface area contributed by atoms with Gasteiger partial charge in [-0.05, 0) is 110 Å². The van der Waals surface area contributed by atoms with E-state index in [1.54, 1.807) is 18.2 Å². The summed E-state index contributed by atoms with van der Waals surface area (Å²) in [7, 11) is 0. The van der Waals surface area contributed by atoms with Crippen LogP contribution in [0.2, 0.25) is 5.02 Å². The fourth-order valence-electron chi connectivity index (χ4n) is 2.29. The number of esters is 1. The highest BCUT2D eigenvalue weighted by Gasteiger charge is 2.26. The number of carbonyl (C=O) groups excluding carboxylic acids is 1. The van der Waals surface area contributed by atoms with Crippen molar-refractivity contribution in [1.29, 1.82) is 0 Å². The quantitative estimate of drug-likeness (QED) is 0.164. The van der Waals surface area contributed by atoms with Gasteiger partial charge in [-0.3, -0.25) is 0 Å². The van der Waals surface area contributed by atoms with Gasteiger partial charge in [-0.25, -0.2) is 9.79 Å². The van der Waals surface area contributed by atoms with Crippen molar-refractivity contribution in [2.45, 2.75) is 0 Å². The zero-order valence-corrected chi connectivity index (χ0v) is 20.9. The number of carbonyl (C=O) groups is 1. The molecule has 0 bridgehead atoms. The summed E-state index contributed by atoms with van der Waals surface area (Å²) in [4.78, 5) is 16.6. The number of hydrogen-bond acceptors (Lipinski definition) is 4. The average molecular weight is 717 g/mol. The maximum atomic E-state index is 12.2. The molecule has 138 valence electrons. The summed E-state index contributed by atoms with van der Waals surface area (Å²) < 4.78 is 13.8. The van der Waals surface area contributed by atoms with Crippen LogP contribution in [0.5, 0.6) is 5.75 Å². The van der Waals surface area contributed by atoms with Crippen LogP contribution in [-0.4, -0.2) is 18.5 Å². The summed E-state index contributed by atoms with van der Waals surface area (Å²) in [6.45, 7) is 4.09. The van der Waals surface area contributed by atoms with Gasteiger partial charge in [-0.1, -0.05) is 24.3 Å². The van der Waals surface area contributed by atoms with Gasteiger partial charge in [0.1, 0.15) is 12.4 Å². The number of aliphatic imine (C=N–C) groups is 1. The number of rotatable bonds is 5. The molecule has 0 unspecified atom stereocenters. The molecule has 8 heteroatoms. The molecule has 0 saturated heterocycles. The van der Waals surface area contributed by atoms with Crippen molar-refractivity contribution < 1.29 is 14.3 Å². The Kier molecular flexibility index (Phi) is 7.20. The van der Waals surface area contributed by atoms with Crippen molar-refractivity contribution in [1.82, 2.24) is 0 Å². The van der Waals surface area contributed by atoms with E-state index >= 15 is 0 Å². The number of nitrogens with zero attached hydrogens (tertiary/aromatic N) is 1. The molecule has 2 aromatic carbocycles. The molecular formula is C19H11ClI3NO3. The summed E-state index contributed by atoms with van der Waals surface area (Å²) >= 11 is 12.8. The fourth-order valence-corrected chi connectivity index (χ4v) is 5.10. The van der Waals surface area contributed by atoms with Gasteiger partial charge in [-0.15, -0.1) is 0 Å². The number of hydrogen-bond donors (Lipinski definition) is 0.